The van der Waals surface area contributed by atoms with Crippen LogP contribution in [0.1, 0.15) is 41.5 Å². The van der Waals surface area contributed by atoms with Gasteiger partial charge in [0.25, 0.3) is 0 Å². The molecule has 0 aromatic heterocycles. The lowest BCUT2D eigenvalue weighted by Crippen LogP contribution is -1.84. The van der Waals surface area contributed by atoms with Gasteiger partial charge in [-0.1, -0.05) is 33.3 Å². The van der Waals surface area contributed by atoms with Crippen molar-refractivity contribution in [2.24, 2.45) is 10.9 Å². The first-order valence-corrected chi connectivity index (χ1v) is 4.29. The van der Waals surface area contributed by atoms with Crippen LogP contribution in [0.15, 0.2) is 16.8 Å². The number of hydrogen-bond donors (Lipinski definition) is 0. The molecule has 0 heterocycles. The summed E-state index contributed by atoms with van der Waals surface area (Å²) in [4.78, 5) is 4.08. The van der Waals surface area contributed by atoms with Gasteiger partial charge >= 0.3 is 0 Å². The minimum atomic E-state index is 0.556. The molecule has 0 saturated carbocycles. The zero-order chi connectivity index (χ0) is 9.28. The summed E-state index contributed by atoms with van der Waals surface area (Å²) in [5.41, 5.74) is 1.24. The largest absolute Gasteiger partial charge is 0.269 e. The molecule has 1 heteroatoms. The molecule has 0 aromatic carbocycles. The van der Waals surface area contributed by atoms with Gasteiger partial charge in [-0.3, -0.25) is 4.99 Å². The number of nitrogens with zero attached hydrogens (tertiary/aromatic N) is 1. The molecule has 0 saturated heterocycles. The molecular weight excluding hydrogens is 134 g/mol. The number of rotatable bonds is 2. The Morgan fingerprint density at radius 1 is 1.18 bits per heavy atom. The van der Waals surface area contributed by atoms with Gasteiger partial charge in [-0.2, -0.15) is 0 Å². The van der Waals surface area contributed by atoms with E-state index in [9.17, 15) is 0 Å². The molecule has 0 fully saturated rings. The van der Waals surface area contributed by atoms with Crippen LogP contribution in [-0.4, -0.2) is 6.21 Å². The van der Waals surface area contributed by atoms with E-state index in [1.165, 1.54) is 5.57 Å². The van der Waals surface area contributed by atoms with Gasteiger partial charge in [0.05, 0.1) is 0 Å². The molecule has 0 atom stereocenters. The third kappa shape index (κ3) is 17.7. The molecule has 11 heavy (non-hydrogen) atoms. The fourth-order valence-electron chi connectivity index (χ4n) is 0.364. The highest BCUT2D eigenvalue weighted by atomic mass is 14.7. The fraction of sp³-hybridized carbons (Fsp3) is 0.700. The Labute approximate surface area is 71.2 Å². The predicted molar refractivity (Wildman–Crippen MR) is 54.1 cm³/mol. The molecule has 0 aliphatic heterocycles. The van der Waals surface area contributed by atoms with Gasteiger partial charge in [0.2, 0.25) is 0 Å². The normalized spacial score (nSPS) is 9.36. The molecule has 0 unspecified atom stereocenters. The van der Waals surface area contributed by atoms with E-state index >= 15 is 0 Å². The first-order valence-electron chi connectivity index (χ1n) is 4.29. The Hall–Kier alpha value is -0.590. The highest BCUT2D eigenvalue weighted by Crippen LogP contribution is 1.90. The summed E-state index contributed by atoms with van der Waals surface area (Å²) in [7, 11) is 0. The Morgan fingerprint density at radius 3 is 1.91 bits per heavy atom. The number of aliphatic imine (C=N–C) groups is 1. The number of hydrogen-bond acceptors (Lipinski definition) is 1. The second-order valence-electron chi connectivity index (χ2n) is 2.75. The summed E-state index contributed by atoms with van der Waals surface area (Å²) in [6.45, 7) is 12.3. The molecular formula is C10H21N. The van der Waals surface area contributed by atoms with Crippen LogP contribution in [0.4, 0.5) is 0 Å². The maximum absolute atomic E-state index is 4.08. The Kier molecular flexibility index (Phi) is 11.1. The molecule has 66 valence electrons. The highest BCUT2D eigenvalue weighted by molar-refractivity contribution is 5.60. The maximum atomic E-state index is 4.08. The van der Waals surface area contributed by atoms with Crippen LogP contribution < -0.4 is 0 Å². The molecule has 0 bridgehead atoms. The average molecular weight is 155 g/mol. The van der Waals surface area contributed by atoms with Crippen molar-refractivity contribution in [1.82, 2.24) is 0 Å². The smallest absolute Gasteiger partial charge is 0.0250 e. The fourth-order valence-corrected chi connectivity index (χ4v) is 0.364. The molecule has 0 aliphatic carbocycles. The first kappa shape index (κ1) is 13.0. The van der Waals surface area contributed by atoms with Gasteiger partial charge in [0, 0.05) is 12.4 Å². The summed E-state index contributed by atoms with van der Waals surface area (Å²) < 4.78 is 0. The first-order chi connectivity index (χ1) is 5.13. The summed E-state index contributed by atoms with van der Waals surface area (Å²) in [5.74, 6) is 0.556. The highest BCUT2D eigenvalue weighted by Gasteiger charge is 1.80. The van der Waals surface area contributed by atoms with Gasteiger partial charge in [0.15, 0.2) is 0 Å². The third-order valence-corrected chi connectivity index (χ3v) is 0.717. The average Bonchev–Trinajstić information content (AvgIpc) is 1.90. The minimum absolute atomic E-state index is 0.556. The molecule has 0 aromatic rings. The Balaban J connectivity index is 0. The van der Waals surface area contributed by atoms with Gasteiger partial charge in [-0.05, 0) is 19.8 Å². The molecule has 0 rings (SSSR count). The zero-order valence-electron chi connectivity index (χ0n) is 8.68. The van der Waals surface area contributed by atoms with Crippen molar-refractivity contribution < 1.29 is 0 Å². The predicted octanol–water partition coefficient (Wildman–Crippen LogP) is 3.66. The van der Waals surface area contributed by atoms with Crippen molar-refractivity contribution in [2.75, 3.05) is 0 Å². The SMILES string of the molecule is CC.CC(C)=CN=CC(C)C. The van der Waals surface area contributed by atoms with E-state index in [0.717, 1.165) is 0 Å². The topological polar surface area (TPSA) is 12.4 Å². The van der Waals surface area contributed by atoms with Crippen LogP contribution in [0.2, 0.25) is 0 Å². The van der Waals surface area contributed by atoms with Crippen LogP contribution >= 0.6 is 0 Å². The summed E-state index contributed by atoms with van der Waals surface area (Å²) >= 11 is 0. The van der Waals surface area contributed by atoms with Crippen LogP contribution in [0.25, 0.3) is 0 Å². The van der Waals surface area contributed by atoms with E-state index in [0.29, 0.717) is 5.92 Å². The second kappa shape index (κ2) is 9.41. The van der Waals surface area contributed by atoms with Gasteiger partial charge < -0.3 is 0 Å². The molecule has 0 amide bonds. The van der Waals surface area contributed by atoms with E-state index in [-0.39, 0.29) is 0 Å². The van der Waals surface area contributed by atoms with E-state index < -0.39 is 0 Å². The van der Waals surface area contributed by atoms with Crippen LogP contribution in [0.3, 0.4) is 0 Å². The van der Waals surface area contributed by atoms with E-state index in [1.54, 1.807) is 0 Å². The second-order valence-corrected chi connectivity index (χ2v) is 2.75. The summed E-state index contributed by atoms with van der Waals surface area (Å²) in [5, 5.41) is 0. The Morgan fingerprint density at radius 2 is 1.64 bits per heavy atom. The molecule has 0 N–H and O–H groups in total. The van der Waals surface area contributed by atoms with Crippen molar-refractivity contribution in [3.63, 3.8) is 0 Å². The summed E-state index contributed by atoms with van der Waals surface area (Å²) in [6.07, 6.45) is 3.81. The quantitative estimate of drug-likeness (QED) is 0.540. The minimum Gasteiger partial charge on any atom is -0.269 e. The van der Waals surface area contributed by atoms with Crippen molar-refractivity contribution in [3.05, 3.63) is 11.8 Å². The van der Waals surface area contributed by atoms with Crippen LogP contribution in [0.5, 0.6) is 0 Å². The standard InChI is InChI=1S/C8H15N.C2H6/c1-7(2)5-9-6-8(3)4;1-2/h5-7H,1-4H3;1-2H3. The number of allylic oxidation sites excluding steroid dienone is 1. The van der Waals surface area contributed by atoms with Crippen molar-refractivity contribution in [1.29, 1.82) is 0 Å². The van der Waals surface area contributed by atoms with Crippen molar-refractivity contribution >= 4 is 6.21 Å². The molecule has 0 radical (unpaired) electrons. The monoisotopic (exact) mass is 155 g/mol. The van der Waals surface area contributed by atoms with Crippen LogP contribution in [-0.2, 0) is 0 Å². The van der Waals surface area contributed by atoms with Crippen LogP contribution in [0, 0.1) is 5.92 Å². The molecule has 0 aliphatic rings. The Bertz CT molecular complexity index is 117. The molecule has 1 nitrogen and oxygen atoms in total. The van der Waals surface area contributed by atoms with E-state index in [2.05, 4.69) is 18.8 Å². The molecule has 0 spiro atoms. The summed E-state index contributed by atoms with van der Waals surface area (Å²) in [6, 6.07) is 0. The van der Waals surface area contributed by atoms with Crippen molar-refractivity contribution in [3.8, 4) is 0 Å². The van der Waals surface area contributed by atoms with Gasteiger partial charge in [0.1, 0.15) is 0 Å². The zero-order valence-corrected chi connectivity index (χ0v) is 8.68. The van der Waals surface area contributed by atoms with E-state index in [4.69, 9.17) is 0 Å². The van der Waals surface area contributed by atoms with E-state index in [1.807, 2.05) is 40.1 Å². The lowest BCUT2D eigenvalue weighted by Gasteiger charge is -1.89. The van der Waals surface area contributed by atoms with Gasteiger partial charge in [-0.25, -0.2) is 0 Å². The maximum Gasteiger partial charge on any atom is 0.0250 e. The lowest BCUT2D eigenvalue weighted by molar-refractivity contribution is 0.907. The third-order valence-electron chi connectivity index (χ3n) is 0.717. The van der Waals surface area contributed by atoms with Gasteiger partial charge in [-0.15, -0.1) is 0 Å². The van der Waals surface area contributed by atoms with Crippen molar-refractivity contribution in [2.45, 2.75) is 41.5 Å². The lowest BCUT2D eigenvalue weighted by atomic mass is 10.2.